The molecule has 1 aliphatic rings. The highest BCUT2D eigenvalue weighted by molar-refractivity contribution is 6.05. The molecule has 0 aliphatic carbocycles. The molecular weight excluding hydrogens is 450 g/mol. The van der Waals surface area contributed by atoms with Crippen molar-refractivity contribution in [3.8, 4) is 23.0 Å². The Morgan fingerprint density at radius 2 is 1.86 bits per heavy atom. The van der Waals surface area contributed by atoms with E-state index in [0.29, 0.717) is 40.5 Å². The third-order valence-corrected chi connectivity index (χ3v) is 4.94. The number of phenolic OH excluding ortho intramolecular Hbond substituents is 1. The van der Waals surface area contributed by atoms with Crippen molar-refractivity contribution in [3.05, 3.63) is 89.1 Å². The molecule has 2 amide bonds. The van der Waals surface area contributed by atoms with E-state index >= 15 is 0 Å². The van der Waals surface area contributed by atoms with E-state index in [0.717, 1.165) is 0 Å². The number of aromatic hydroxyl groups is 1. The van der Waals surface area contributed by atoms with Gasteiger partial charge in [-0.05, 0) is 55.0 Å². The number of hydrazone groups is 1. The lowest BCUT2D eigenvalue weighted by atomic mass is 10.1. The summed E-state index contributed by atoms with van der Waals surface area (Å²) in [5.41, 5.74) is 3.69. The molecule has 0 bridgehead atoms. The molecule has 4 rings (SSSR count). The van der Waals surface area contributed by atoms with Crippen molar-refractivity contribution in [2.75, 3.05) is 13.4 Å². The van der Waals surface area contributed by atoms with Crippen LogP contribution in [0.3, 0.4) is 0 Å². The lowest BCUT2D eigenvalue weighted by Gasteiger charge is -2.10. The maximum Gasteiger partial charge on any atom is 0.287 e. The van der Waals surface area contributed by atoms with Crippen LogP contribution in [0.4, 0.5) is 0 Å². The van der Waals surface area contributed by atoms with Crippen molar-refractivity contribution in [1.82, 2.24) is 10.7 Å². The van der Waals surface area contributed by atoms with Gasteiger partial charge in [0.15, 0.2) is 23.0 Å². The molecule has 3 N–H and O–H groups in total. The Kier molecular flexibility index (Phi) is 7.27. The van der Waals surface area contributed by atoms with E-state index in [2.05, 4.69) is 15.8 Å². The van der Waals surface area contributed by atoms with Gasteiger partial charge in [0, 0.05) is 11.1 Å². The minimum Gasteiger partial charge on any atom is -0.504 e. The van der Waals surface area contributed by atoms with E-state index in [1.54, 1.807) is 73.7 Å². The summed E-state index contributed by atoms with van der Waals surface area (Å²) in [4.78, 5) is 25.7. The Morgan fingerprint density at radius 3 is 2.66 bits per heavy atom. The first-order chi connectivity index (χ1) is 17.0. The topological polar surface area (TPSA) is 118 Å². The molecule has 0 saturated carbocycles. The molecule has 35 heavy (non-hydrogen) atoms. The summed E-state index contributed by atoms with van der Waals surface area (Å²) in [5, 5.41) is 16.8. The molecule has 0 atom stereocenters. The van der Waals surface area contributed by atoms with Crippen molar-refractivity contribution >= 4 is 24.1 Å². The Balaban J connectivity index is 1.55. The highest BCUT2D eigenvalue weighted by atomic mass is 16.7. The van der Waals surface area contributed by atoms with Gasteiger partial charge in [0.1, 0.15) is 5.70 Å². The van der Waals surface area contributed by atoms with Gasteiger partial charge in [-0.25, -0.2) is 5.43 Å². The standard InChI is InChI=1S/C26H23N3O6/c1-2-33-22-10-6-9-19(24(22)30)15-27-29-26(32)20(28-25(31)18-7-4-3-5-8-18)13-17-11-12-21-23(14-17)35-16-34-21/h3-15,30H,2,16H2,1H3,(H,28,31)(H,29,32). The van der Waals surface area contributed by atoms with E-state index in [-0.39, 0.29) is 18.2 Å². The smallest absolute Gasteiger partial charge is 0.287 e. The van der Waals surface area contributed by atoms with Crippen molar-refractivity contribution in [2.24, 2.45) is 5.10 Å². The zero-order chi connectivity index (χ0) is 24.6. The molecule has 9 heteroatoms. The first-order valence-electron chi connectivity index (χ1n) is 10.8. The molecule has 3 aromatic carbocycles. The predicted octanol–water partition coefficient (Wildman–Crippen LogP) is 3.44. The molecular formula is C26H23N3O6. The number of rotatable bonds is 8. The van der Waals surface area contributed by atoms with Crippen molar-refractivity contribution < 1.29 is 28.9 Å². The summed E-state index contributed by atoms with van der Waals surface area (Å²) in [6.45, 7) is 2.31. The number of amides is 2. The lowest BCUT2D eigenvalue weighted by molar-refractivity contribution is -0.117. The number of phenols is 1. The quantitative estimate of drug-likeness (QED) is 0.262. The number of hydrogen-bond donors (Lipinski definition) is 3. The second kappa shape index (κ2) is 10.9. The molecule has 1 aliphatic heterocycles. The van der Waals surface area contributed by atoms with Crippen molar-refractivity contribution in [1.29, 1.82) is 0 Å². The van der Waals surface area contributed by atoms with Gasteiger partial charge in [-0.1, -0.05) is 30.3 Å². The summed E-state index contributed by atoms with van der Waals surface area (Å²) in [6, 6.07) is 18.6. The fraction of sp³-hybridized carbons (Fsp3) is 0.115. The van der Waals surface area contributed by atoms with Crippen LogP contribution in [-0.2, 0) is 4.79 Å². The van der Waals surface area contributed by atoms with Crippen LogP contribution in [0.25, 0.3) is 6.08 Å². The second-order valence-electron chi connectivity index (χ2n) is 7.32. The number of ether oxygens (including phenoxy) is 3. The molecule has 0 spiro atoms. The molecule has 0 aromatic heterocycles. The van der Waals surface area contributed by atoms with Crippen molar-refractivity contribution in [2.45, 2.75) is 6.92 Å². The fourth-order valence-electron chi connectivity index (χ4n) is 3.25. The van der Waals surface area contributed by atoms with Crippen LogP contribution in [-0.4, -0.2) is 36.5 Å². The zero-order valence-corrected chi connectivity index (χ0v) is 18.9. The Bertz CT molecular complexity index is 1290. The Morgan fingerprint density at radius 1 is 1.06 bits per heavy atom. The lowest BCUT2D eigenvalue weighted by Crippen LogP contribution is -2.32. The molecule has 0 radical (unpaired) electrons. The number of carbonyl (C=O) groups excluding carboxylic acids is 2. The van der Waals surface area contributed by atoms with E-state index in [1.165, 1.54) is 12.3 Å². The van der Waals surface area contributed by atoms with Crippen LogP contribution >= 0.6 is 0 Å². The highest BCUT2D eigenvalue weighted by Crippen LogP contribution is 2.33. The first-order valence-corrected chi connectivity index (χ1v) is 10.8. The number of fused-ring (bicyclic) bond motifs is 1. The highest BCUT2D eigenvalue weighted by Gasteiger charge is 2.17. The normalized spacial score (nSPS) is 12.4. The van der Waals surface area contributed by atoms with Gasteiger partial charge in [-0.3, -0.25) is 9.59 Å². The van der Waals surface area contributed by atoms with E-state index in [4.69, 9.17) is 14.2 Å². The third kappa shape index (κ3) is 5.77. The van der Waals surface area contributed by atoms with Gasteiger partial charge in [0.2, 0.25) is 6.79 Å². The summed E-state index contributed by atoms with van der Waals surface area (Å²) in [5.74, 6) is 0.223. The van der Waals surface area contributed by atoms with Gasteiger partial charge in [-0.15, -0.1) is 0 Å². The number of benzene rings is 3. The number of hydrogen-bond acceptors (Lipinski definition) is 7. The SMILES string of the molecule is CCOc1cccc(C=NNC(=O)C(=Cc2ccc3c(c2)OCO3)NC(=O)c2ccccc2)c1O. The van der Waals surface area contributed by atoms with Gasteiger partial charge in [-0.2, -0.15) is 5.10 Å². The number of nitrogens with one attached hydrogen (secondary N) is 2. The molecule has 3 aromatic rings. The summed E-state index contributed by atoms with van der Waals surface area (Å²) in [6.07, 6.45) is 2.79. The maximum absolute atomic E-state index is 12.9. The van der Waals surface area contributed by atoms with Gasteiger partial charge < -0.3 is 24.6 Å². The van der Waals surface area contributed by atoms with Crippen molar-refractivity contribution in [3.63, 3.8) is 0 Å². The van der Waals surface area contributed by atoms with Crippen LogP contribution in [0.1, 0.15) is 28.4 Å². The average Bonchev–Trinajstić information content (AvgIpc) is 3.34. The number of nitrogens with zero attached hydrogens (tertiary/aromatic N) is 1. The Labute approximate surface area is 201 Å². The maximum atomic E-state index is 12.9. The van der Waals surface area contributed by atoms with Gasteiger partial charge in [0.05, 0.1) is 12.8 Å². The molecule has 1 heterocycles. The molecule has 0 unspecified atom stereocenters. The van der Waals surface area contributed by atoms with Gasteiger partial charge >= 0.3 is 0 Å². The molecule has 178 valence electrons. The minimum absolute atomic E-state index is 0.0397. The molecule has 9 nitrogen and oxygen atoms in total. The summed E-state index contributed by atoms with van der Waals surface area (Å²) < 4.78 is 16.1. The number of carbonyl (C=O) groups is 2. The number of para-hydroxylation sites is 1. The van der Waals surface area contributed by atoms with Crippen LogP contribution in [0.15, 0.2) is 77.5 Å². The second-order valence-corrected chi connectivity index (χ2v) is 7.32. The van der Waals surface area contributed by atoms with E-state index < -0.39 is 11.8 Å². The Hall–Kier alpha value is -4.79. The van der Waals surface area contributed by atoms with Crippen LogP contribution in [0.2, 0.25) is 0 Å². The van der Waals surface area contributed by atoms with Crippen LogP contribution < -0.4 is 25.0 Å². The van der Waals surface area contributed by atoms with Gasteiger partial charge in [0.25, 0.3) is 11.8 Å². The molecule has 0 fully saturated rings. The van der Waals surface area contributed by atoms with E-state index in [9.17, 15) is 14.7 Å². The predicted molar refractivity (Wildman–Crippen MR) is 129 cm³/mol. The largest absolute Gasteiger partial charge is 0.504 e. The first kappa shape index (κ1) is 23.4. The zero-order valence-electron chi connectivity index (χ0n) is 18.9. The van der Waals surface area contributed by atoms with Crippen LogP contribution in [0.5, 0.6) is 23.0 Å². The fourth-order valence-corrected chi connectivity index (χ4v) is 3.25. The third-order valence-electron chi connectivity index (χ3n) is 4.94. The van der Waals surface area contributed by atoms with Crippen LogP contribution in [0, 0.1) is 0 Å². The monoisotopic (exact) mass is 473 g/mol. The van der Waals surface area contributed by atoms with E-state index in [1.807, 2.05) is 0 Å². The minimum atomic E-state index is -0.663. The summed E-state index contributed by atoms with van der Waals surface area (Å²) in [7, 11) is 0. The summed E-state index contributed by atoms with van der Waals surface area (Å²) >= 11 is 0. The molecule has 0 saturated heterocycles. The average molecular weight is 473 g/mol.